The minimum Gasteiger partial charge on any atom is -0.336 e. The monoisotopic (exact) mass is 339 g/mol. The van der Waals surface area contributed by atoms with Gasteiger partial charge in [-0.15, -0.1) is 0 Å². The van der Waals surface area contributed by atoms with Crippen LogP contribution in [0.2, 0.25) is 0 Å². The van der Waals surface area contributed by atoms with E-state index < -0.39 is 0 Å². The number of rotatable bonds is 4. The first-order chi connectivity index (χ1) is 9.74. The van der Waals surface area contributed by atoms with Crippen LogP contribution in [0.1, 0.15) is 44.9 Å². The zero-order chi connectivity index (χ0) is 14.2. The average Bonchev–Trinajstić information content (AvgIpc) is 2.40. The fourth-order valence-corrected chi connectivity index (χ4v) is 3.01. The molecule has 1 aliphatic carbocycles. The van der Waals surface area contributed by atoms with Crippen LogP contribution in [-0.2, 0) is 4.79 Å². The van der Waals surface area contributed by atoms with Crippen LogP contribution in [-0.4, -0.2) is 18.5 Å². The molecule has 4 heteroatoms. The number of halogens is 1. The van der Waals surface area contributed by atoms with Gasteiger partial charge in [-0.1, -0.05) is 35.2 Å². The maximum absolute atomic E-state index is 11.9. The lowest BCUT2D eigenvalue weighted by Gasteiger charge is -2.18. The maximum Gasteiger partial charge on any atom is 0.279 e. The largest absolute Gasteiger partial charge is 0.336 e. The van der Waals surface area contributed by atoms with Crippen molar-refractivity contribution >= 4 is 27.5 Å². The molecular formula is C16H24BrN2O+. The smallest absolute Gasteiger partial charge is 0.279 e. The highest BCUT2D eigenvalue weighted by molar-refractivity contribution is 9.10. The molecule has 0 radical (unpaired) electrons. The van der Waals surface area contributed by atoms with Crippen molar-refractivity contribution in [3.63, 3.8) is 0 Å². The number of amides is 1. The van der Waals surface area contributed by atoms with E-state index >= 15 is 0 Å². The number of hydrogen-bond donors (Lipinski definition) is 2. The highest BCUT2D eigenvalue weighted by Gasteiger charge is 2.15. The number of nitrogens with one attached hydrogen (secondary N) is 1. The van der Waals surface area contributed by atoms with Crippen molar-refractivity contribution in [2.45, 2.75) is 51.0 Å². The third kappa shape index (κ3) is 5.63. The summed E-state index contributed by atoms with van der Waals surface area (Å²) in [5.74, 6) is 0.0920. The zero-order valence-corrected chi connectivity index (χ0v) is 13.5. The van der Waals surface area contributed by atoms with Crippen molar-refractivity contribution in [3.8, 4) is 0 Å². The van der Waals surface area contributed by atoms with E-state index in [9.17, 15) is 4.79 Å². The Morgan fingerprint density at radius 1 is 1.10 bits per heavy atom. The molecule has 2 rings (SSSR count). The van der Waals surface area contributed by atoms with Gasteiger partial charge in [-0.05, 0) is 49.9 Å². The van der Waals surface area contributed by atoms with Crippen LogP contribution in [0.3, 0.4) is 0 Å². The normalized spacial score (nSPS) is 17.2. The number of hydrogen-bond acceptors (Lipinski definition) is 1. The van der Waals surface area contributed by atoms with Crippen molar-refractivity contribution < 1.29 is 10.1 Å². The quantitative estimate of drug-likeness (QED) is 0.869. The summed E-state index contributed by atoms with van der Waals surface area (Å²) in [5.41, 5.74) is 0.865. The third-order valence-electron chi connectivity index (χ3n) is 3.91. The van der Waals surface area contributed by atoms with Gasteiger partial charge in [0.15, 0.2) is 6.54 Å². The molecule has 0 unspecified atom stereocenters. The molecule has 0 spiro atoms. The van der Waals surface area contributed by atoms with E-state index in [4.69, 9.17) is 0 Å². The average molecular weight is 340 g/mol. The second-order valence-corrected chi connectivity index (χ2v) is 6.52. The molecule has 3 N–H and O–H groups in total. The lowest BCUT2D eigenvalue weighted by Crippen LogP contribution is -2.91. The third-order valence-corrected chi connectivity index (χ3v) is 4.44. The van der Waals surface area contributed by atoms with Crippen LogP contribution < -0.4 is 10.6 Å². The second-order valence-electron chi connectivity index (χ2n) is 5.60. The van der Waals surface area contributed by atoms with Crippen LogP contribution in [0.25, 0.3) is 0 Å². The van der Waals surface area contributed by atoms with Crippen LogP contribution in [0.5, 0.6) is 0 Å². The van der Waals surface area contributed by atoms with Crippen LogP contribution in [0, 0.1) is 0 Å². The molecule has 1 aromatic carbocycles. The van der Waals surface area contributed by atoms with E-state index in [0.717, 1.165) is 10.2 Å². The van der Waals surface area contributed by atoms with E-state index in [2.05, 4.69) is 26.6 Å². The summed E-state index contributed by atoms with van der Waals surface area (Å²) in [6, 6.07) is 8.34. The Morgan fingerprint density at radius 3 is 2.35 bits per heavy atom. The van der Waals surface area contributed by atoms with Gasteiger partial charge >= 0.3 is 0 Å². The summed E-state index contributed by atoms with van der Waals surface area (Å²) in [5, 5.41) is 5.17. The Balaban J connectivity index is 1.72. The van der Waals surface area contributed by atoms with Gasteiger partial charge in [-0.2, -0.15) is 0 Å². The molecule has 0 bridgehead atoms. The summed E-state index contributed by atoms with van der Waals surface area (Å²) in [7, 11) is 0. The first-order valence-corrected chi connectivity index (χ1v) is 8.42. The number of carbonyl (C=O) groups excluding carboxylic acids is 1. The molecular weight excluding hydrogens is 316 g/mol. The highest BCUT2D eigenvalue weighted by atomic mass is 79.9. The van der Waals surface area contributed by atoms with Gasteiger partial charge in [0.1, 0.15) is 0 Å². The predicted molar refractivity (Wildman–Crippen MR) is 85.7 cm³/mol. The summed E-state index contributed by atoms with van der Waals surface area (Å²) in [4.78, 5) is 11.9. The summed E-state index contributed by atoms with van der Waals surface area (Å²) >= 11 is 3.39. The first-order valence-electron chi connectivity index (χ1n) is 7.63. The SMILES string of the molecule is O=C(C[NH2+]C1CCCCCCC1)Nc1ccc(Br)cc1. The Hall–Kier alpha value is -0.870. The Kier molecular flexibility index (Phi) is 6.54. The zero-order valence-electron chi connectivity index (χ0n) is 11.9. The number of quaternary nitrogens is 1. The maximum atomic E-state index is 11.9. The van der Waals surface area contributed by atoms with Gasteiger partial charge < -0.3 is 10.6 Å². The molecule has 1 amide bonds. The van der Waals surface area contributed by atoms with E-state index in [1.54, 1.807) is 0 Å². The fourth-order valence-electron chi connectivity index (χ4n) is 2.74. The van der Waals surface area contributed by atoms with Crippen molar-refractivity contribution in [1.29, 1.82) is 0 Å². The molecule has 0 aliphatic heterocycles. The summed E-state index contributed by atoms with van der Waals surface area (Å²) in [6.45, 7) is 0.529. The van der Waals surface area contributed by atoms with Gasteiger partial charge in [0.05, 0.1) is 6.04 Å². The van der Waals surface area contributed by atoms with E-state index in [-0.39, 0.29) is 5.91 Å². The molecule has 0 saturated heterocycles. The van der Waals surface area contributed by atoms with Crippen LogP contribution >= 0.6 is 15.9 Å². The number of benzene rings is 1. The van der Waals surface area contributed by atoms with E-state index in [1.165, 1.54) is 44.9 Å². The fraction of sp³-hybridized carbons (Fsp3) is 0.562. The molecule has 0 aromatic heterocycles. The molecule has 3 nitrogen and oxygen atoms in total. The first kappa shape index (κ1) is 15.5. The van der Waals surface area contributed by atoms with Crippen molar-refractivity contribution in [2.24, 2.45) is 0 Å². The van der Waals surface area contributed by atoms with E-state index in [1.807, 2.05) is 24.3 Å². The molecule has 1 fully saturated rings. The molecule has 1 saturated carbocycles. The number of nitrogens with two attached hydrogens (primary N) is 1. The predicted octanol–water partition coefficient (Wildman–Crippen LogP) is 3.06. The van der Waals surface area contributed by atoms with Crippen molar-refractivity contribution in [1.82, 2.24) is 0 Å². The lowest BCUT2D eigenvalue weighted by molar-refractivity contribution is -0.680. The molecule has 1 aliphatic rings. The van der Waals surface area contributed by atoms with Gasteiger partial charge in [0.25, 0.3) is 5.91 Å². The van der Waals surface area contributed by atoms with Gasteiger partial charge in [-0.25, -0.2) is 0 Å². The molecule has 110 valence electrons. The Labute approximate surface area is 129 Å². The molecule has 0 heterocycles. The van der Waals surface area contributed by atoms with Crippen LogP contribution in [0.15, 0.2) is 28.7 Å². The highest BCUT2D eigenvalue weighted by Crippen LogP contribution is 2.15. The number of anilines is 1. The topological polar surface area (TPSA) is 45.7 Å². The Bertz CT molecular complexity index is 411. The van der Waals surface area contributed by atoms with Crippen LogP contribution in [0.4, 0.5) is 5.69 Å². The van der Waals surface area contributed by atoms with Crippen molar-refractivity contribution in [2.75, 3.05) is 11.9 Å². The molecule has 20 heavy (non-hydrogen) atoms. The van der Waals surface area contributed by atoms with Gasteiger partial charge in [0, 0.05) is 10.2 Å². The standard InChI is InChI=1S/C16H23BrN2O/c17-13-8-10-15(11-9-13)19-16(20)12-18-14-6-4-2-1-3-5-7-14/h8-11,14,18H,1-7,12H2,(H,19,20)/p+1. The van der Waals surface area contributed by atoms with Crippen molar-refractivity contribution in [3.05, 3.63) is 28.7 Å². The second kappa shape index (κ2) is 8.42. The number of carbonyl (C=O) groups is 1. The minimum atomic E-state index is 0.0920. The molecule has 0 atom stereocenters. The lowest BCUT2D eigenvalue weighted by atomic mass is 9.97. The minimum absolute atomic E-state index is 0.0920. The van der Waals surface area contributed by atoms with Gasteiger partial charge in [-0.3, -0.25) is 4.79 Å². The summed E-state index contributed by atoms with van der Waals surface area (Å²) < 4.78 is 1.02. The molecule has 1 aromatic rings. The Morgan fingerprint density at radius 2 is 1.70 bits per heavy atom. The summed E-state index contributed by atoms with van der Waals surface area (Å²) in [6.07, 6.45) is 9.24. The van der Waals surface area contributed by atoms with E-state index in [0.29, 0.717) is 12.6 Å². The van der Waals surface area contributed by atoms with Gasteiger partial charge in [0.2, 0.25) is 0 Å².